The molecule has 1 saturated heterocycles. The number of piperidine rings is 1. The van der Waals surface area contributed by atoms with Crippen molar-refractivity contribution < 1.29 is 24.6 Å². The van der Waals surface area contributed by atoms with Crippen molar-refractivity contribution in [3.63, 3.8) is 0 Å². The maximum Gasteiger partial charge on any atom is 0.314 e. The van der Waals surface area contributed by atoms with Crippen LogP contribution in [-0.4, -0.2) is 64.1 Å². The van der Waals surface area contributed by atoms with Crippen LogP contribution in [0.4, 0.5) is 0 Å². The third kappa shape index (κ3) is 5.25. The summed E-state index contributed by atoms with van der Waals surface area (Å²) in [6, 6.07) is 7.08. The summed E-state index contributed by atoms with van der Waals surface area (Å²) in [5.74, 6) is -1.83. The Morgan fingerprint density at radius 2 is 1.97 bits per heavy atom. The number of rotatable bonds is 6. The van der Waals surface area contributed by atoms with Gasteiger partial charge in [0.2, 0.25) is 5.91 Å². The number of fused-ring (bicyclic) bond motifs is 2. The van der Waals surface area contributed by atoms with E-state index >= 15 is 0 Å². The van der Waals surface area contributed by atoms with E-state index in [2.05, 4.69) is 53.6 Å². The Hall–Kier alpha value is -2.87. The predicted octanol–water partition coefficient (Wildman–Crippen LogP) is 2.59. The van der Waals surface area contributed by atoms with Gasteiger partial charge in [-0.3, -0.25) is 14.4 Å². The number of amides is 1. The first-order chi connectivity index (χ1) is 14.8. The van der Waals surface area contributed by atoms with E-state index < -0.39 is 18.4 Å². The molecular weight excluding hydrogens is 398 g/mol. The number of carbonyl (C=O) groups excluding carboxylic acids is 1. The highest BCUT2D eigenvalue weighted by Gasteiger charge is 2.41. The van der Waals surface area contributed by atoms with Crippen LogP contribution in [0.15, 0.2) is 24.4 Å². The van der Waals surface area contributed by atoms with Crippen LogP contribution in [0, 0.1) is 5.92 Å². The minimum Gasteiger partial charge on any atom is -0.481 e. The van der Waals surface area contributed by atoms with Crippen molar-refractivity contribution in [1.29, 1.82) is 0 Å². The fourth-order valence-corrected chi connectivity index (χ4v) is 4.79. The summed E-state index contributed by atoms with van der Waals surface area (Å²) in [7, 11) is 2.18. The molecule has 2 heterocycles. The van der Waals surface area contributed by atoms with E-state index in [1.807, 2.05) is 0 Å². The number of unbranched alkanes of at least 4 members (excludes halogenated alkanes) is 1. The van der Waals surface area contributed by atoms with Crippen molar-refractivity contribution in [2.75, 3.05) is 20.1 Å². The second-order valence-corrected chi connectivity index (χ2v) is 8.44. The Balaban J connectivity index is 0.000000339. The lowest BCUT2D eigenvalue weighted by atomic mass is 9.72. The SMILES string of the molecule is CCCCNC(=O)C1CC2c3cccc4[nH]cc(c34)C[C@H]2N(C)C1.O=C(O)CC(=O)O. The van der Waals surface area contributed by atoms with Crippen molar-refractivity contribution in [2.45, 2.75) is 51.0 Å². The van der Waals surface area contributed by atoms with Crippen molar-refractivity contribution in [2.24, 2.45) is 5.92 Å². The Morgan fingerprint density at radius 3 is 2.61 bits per heavy atom. The number of hydrogen-bond donors (Lipinski definition) is 4. The van der Waals surface area contributed by atoms with Gasteiger partial charge in [0.1, 0.15) is 6.42 Å². The molecule has 0 bridgehead atoms. The maximum absolute atomic E-state index is 12.6. The van der Waals surface area contributed by atoms with E-state index in [-0.39, 0.29) is 11.8 Å². The average molecular weight is 430 g/mol. The summed E-state index contributed by atoms with van der Waals surface area (Å²) in [4.78, 5) is 37.3. The largest absolute Gasteiger partial charge is 0.481 e. The summed E-state index contributed by atoms with van der Waals surface area (Å²) >= 11 is 0. The zero-order chi connectivity index (χ0) is 22.5. The number of aliphatic carboxylic acids is 2. The summed E-state index contributed by atoms with van der Waals surface area (Å²) in [6.07, 6.45) is 5.60. The molecule has 1 aliphatic heterocycles. The molecule has 168 valence electrons. The van der Waals surface area contributed by atoms with E-state index in [1.165, 1.54) is 22.0 Å². The van der Waals surface area contributed by atoms with Crippen molar-refractivity contribution >= 4 is 28.7 Å². The Bertz CT molecular complexity index is 942. The molecule has 1 amide bonds. The highest BCUT2D eigenvalue weighted by Crippen LogP contribution is 2.44. The van der Waals surface area contributed by atoms with Crippen molar-refractivity contribution in [3.05, 3.63) is 35.5 Å². The first-order valence-corrected chi connectivity index (χ1v) is 10.8. The molecule has 0 radical (unpaired) electrons. The summed E-state index contributed by atoms with van der Waals surface area (Å²) in [5, 5.41) is 19.9. The van der Waals surface area contributed by atoms with Crippen LogP contribution in [0.5, 0.6) is 0 Å². The van der Waals surface area contributed by atoms with E-state index in [0.29, 0.717) is 12.0 Å². The second kappa shape index (κ2) is 9.96. The first kappa shape index (κ1) is 22.8. The molecule has 0 saturated carbocycles. The number of aromatic nitrogens is 1. The monoisotopic (exact) mass is 429 g/mol. The van der Waals surface area contributed by atoms with Crippen LogP contribution in [0.2, 0.25) is 0 Å². The lowest BCUT2D eigenvalue weighted by molar-refractivity contribution is -0.147. The van der Waals surface area contributed by atoms with Crippen LogP contribution in [-0.2, 0) is 20.8 Å². The maximum atomic E-state index is 12.6. The standard InChI is InChI=1S/C20H27N3O.C3H4O4/c1-3-4-8-21-20(24)14-9-16-15-6-5-7-17-19(15)13(11-22-17)10-18(16)23(2)12-14;4-2(5)1-3(6)7/h5-7,11,14,16,18,22H,3-4,8-10,12H2,1-2H3,(H,21,24);1H2,(H,4,5)(H,6,7)/t14?,16?,18-;/m1./s1. The predicted molar refractivity (Wildman–Crippen MR) is 117 cm³/mol. The van der Waals surface area contributed by atoms with Crippen LogP contribution in [0.25, 0.3) is 10.9 Å². The van der Waals surface area contributed by atoms with Gasteiger partial charge in [0, 0.05) is 42.1 Å². The number of H-pyrrole nitrogens is 1. The normalized spacial score (nSPS) is 22.2. The number of nitrogens with zero attached hydrogens (tertiary/aromatic N) is 1. The molecule has 1 fully saturated rings. The Morgan fingerprint density at radius 1 is 1.23 bits per heavy atom. The Kier molecular flexibility index (Phi) is 7.33. The Labute approximate surface area is 181 Å². The van der Waals surface area contributed by atoms with Crippen molar-refractivity contribution in [3.8, 4) is 0 Å². The number of carboxylic acid groups (broad SMARTS) is 2. The quantitative estimate of drug-likeness (QED) is 0.413. The average Bonchev–Trinajstić information content (AvgIpc) is 3.12. The number of likely N-dealkylation sites (N-methyl/N-ethyl adjacent to an activating group) is 1. The smallest absolute Gasteiger partial charge is 0.314 e. The number of hydrogen-bond acceptors (Lipinski definition) is 4. The number of carboxylic acids is 2. The fourth-order valence-electron chi connectivity index (χ4n) is 4.79. The molecule has 2 aromatic rings. The fraction of sp³-hybridized carbons (Fsp3) is 0.522. The van der Waals surface area contributed by atoms with Crippen LogP contribution in [0.1, 0.15) is 49.7 Å². The third-order valence-electron chi connectivity index (χ3n) is 6.23. The van der Waals surface area contributed by atoms with Crippen molar-refractivity contribution in [1.82, 2.24) is 15.2 Å². The topological polar surface area (TPSA) is 123 Å². The second-order valence-electron chi connectivity index (χ2n) is 8.44. The minimum absolute atomic E-state index is 0.101. The van der Waals surface area contributed by atoms with Gasteiger partial charge in [-0.15, -0.1) is 0 Å². The van der Waals surface area contributed by atoms with E-state index in [1.54, 1.807) is 0 Å². The van der Waals surface area contributed by atoms with Crippen LogP contribution < -0.4 is 5.32 Å². The van der Waals surface area contributed by atoms with E-state index in [0.717, 1.165) is 38.8 Å². The van der Waals surface area contributed by atoms with Crippen LogP contribution in [0.3, 0.4) is 0 Å². The molecule has 4 N–H and O–H groups in total. The summed E-state index contributed by atoms with van der Waals surface area (Å²) < 4.78 is 0. The van der Waals surface area contributed by atoms with Gasteiger partial charge in [0.05, 0.1) is 5.92 Å². The van der Waals surface area contributed by atoms with E-state index in [4.69, 9.17) is 10.2 Å². The van der Waals surface area contributed by atoms with Gasteiger partial charge in [-0.1, -0.05) is 25.5 Å². The first-order valence-electron chi connectivity index (χ1n) is 10.8. The summed E-state index contributed by atoms with van der Waals surface area (Å²) in [6.45, 7) is 3.83. The molecule has 2 aliphatic rings. The van der Waals surface area contributed by atoms with Gasteiger partial charge >= 0.3 is 11.9 Å². The van der Waals surface area contributed by atoms with Gasteiger partial charge in [-0.2, -0.15) is 0 Å². The molecular formula is C23H31N3O5. The minimum atomic E-state index is -1.31. The van der Waals surface area contributed by atoms with Gasteiger partial charge in [0.15, 0.2) is 0 Å². The molecule has 1 aromatic heterocycles. The molecule has 31 heavy (non-hydrogen) atoms. The lowest BCUT2D eigenvalue weighted by Crippen LogP contribution is -2.51. The number of carbonyl (C=O) groups is 3. The zero-order valence-electron chi connectivity index (χ0n) is 18.1. The number of likely N-dealkylation sites (tertiary alicyclic amines) is 1. The highest BCUT2D eigenvalue weighted by atomic mass is 16.4. The molecule has 1 aromatic carbocycles. The zero-order valence-corrected chi connectivity index (χ0v) is 18.1. The molecule has 1 aliphatic carbocycles. The molecule has 4 rings (SSSR count). The van der Waals surface area contributed by atoms with Gasteiger partial charge in [0.25, 0.3) is 0 Å². The van der Waals surface area contributed by atoms with Gasteiger partial charge in [-0.25, -0.2) is 0 Å². The lowest BCUT2D eigenvalue weighted by Gasteiger charge is -2.45. The molecule has 2 unspecified atom stereocenters. The van der Waals surface area contributed by atoms with Crippen LogP contribution >= 0.6 is 0 Å². The number of nitrogens with one attached hydrogen (secondary N) is 2. The molecule has 3 atom stereocenters. The highest BCUT2D eigenvalue weighted by molar-refractivity contribution is 5.89. The van der Waals surface area contributed by atoms with E-state index in [9.17, 15) is 14.4 Å². The number of aromatic amines is 1. The molecule has 8 nitrogen and oxygen atoms in total. The third-order valence-corrected chi connectivity index (χ3v) is 6.23. The molecule has 8 heteroatoms. The molecule has 0 spiro atoms. The van der Waals surface area contributed by atoms with Gasteiger partial charge in [-0.05, 0) is 43.5 Å². The number of benzene rings is 1. The van der Waals surface area contributed by atoms with Gasteiger partial charge < -0.3 is 25.4 Å². The summed E-state index contributed by atoms with van der Waals surface area (Å²) in [5.41, 5.74) is 4.09.